The lowest BCUT2D eigenvalue weighted by Gasteiger charge is -2.28. The van der Waals surface area contributed by atoms with Crippen LogP contribution in [0.1, 0.15) is 51.1 Å². The minimum atomic E-state index is -0.132. The van der Waals surface area contributed by atoms with Crippen molar-refractivity contribution in [2.75, 3.05) is 11.4 Å². The molecule has 0 radical (unpaired) electrons. The standard InChI is InChI=1S/C15H23FN2/c1-3-4-10-18(12-8-9-12)15-13(11(2)17)6-5-7-14(15)16/h5-7,11-12H,3-4,8-10,17H2,1-2H3. The molecule has 0 aliphatic heterocycles. The van der Waals surface area contributed by atoms with E-state index in [1.807, 2.05) is 13.0 Å². The Morgan fingerprint density at radius 1 is 1.44 bits per heavy atom. The van der Waals surface area contributed by atoms with Crippen LogP contribution in [0, 0.1) is 5.82 Å². The van der Waals surface area contributed by atoms with E-state index in [0.29, 0.717) is 6.04 Å². The quantitative estimate of drug-likeness (QED) is 0.835. The fourth-order valence-electron chi connectivity index (χ4n) is 2.39. The molecule has 100 valence electrons. The number of hydrogen-bond donors (Lipinski definition) is 1. The van der Waals surface area contributed by atoms with Crippen LogP contribution in [-0.2, 0) is 0 Å². The first-order chi connectivity index (χ1) is 8.65. The van der Waals surface area contributed by atoms with Crippen LogP contribution in [0.2, 0.25) is 0 Å². The highest BCUT2D eigenvalue weighted by atomic mass is 19.1. The van der Waals surface area contributed by atoms with Gasteiger partial charge in [-0.2, -0.15) is 0 Å². The number of hydrogen-bond acceptors (Lipinski definition) is 2. The molecule has 1 atom stereocenters. The summed E-state index contributed by atoms with van der Waals surface area (Å²) in [7, 11) is 0. The number of para-hydroxylation sites is 1. The largest absolute Gasteiger partial charge is 0.366 e. The lowest BCUT2D eigenvalue weighted by Crippen LogP contribution is -2.29. The van der Waals surface area contributed by atoms with Crippen molar-refractivity contribution in [3.63, 3.8) is 0 Å². The van der Waals surface area contributed by atoms with Crippen molar-refractivity contribution in [3.8, 4) is 0 Å². The lowest BCUT2D eigenvalue weighted by atomic mass is 10.0. The second-order valence-electron chi connectivity index (χ2n) is 5.24. The fraction of sp³-hybridized carbons (Fsp3) is 0.600. The van der Waals surface area contributed by atoms with E-state index in [1.54, 1.807) is 12.1 Å². The average Bonchev–Trinajstić information content (AvgIpc) is 3.15. The van der Waals surface area contributed by atoms with Crippen LogP contribution >= 0.6 is 0 Å². The van der Waals surface area contributed by atoms with E-state index in [0.717, 1.165) is 30.6 Å². The Labute approximate surface area is 109 Å². The Bertz CT molecular complexity index is 399. The summed E-state index contributed by atoms with van der Waals surface area (Å²) in [4.78, 5) is 2.23. The van der Waals surface area contributed by atoms with Crippen LogP contribution in [0.5, 0.6) is 0 Å². The third-order valence-corrected chi connectivity index (χ3v) is 3.54. The van der Waals surface area contributed by atoms with Gasteiger partial charge in [0.1, 0.15) is 5.82 Å². The molecule has 2 rings (SSSR count). The summed E-state index contributed by atoms with van der Waals surface area (Å²) >= 11 is 0. The molecule has 1 aliphatic carbocycles. The van der Waals surface area contributed by atoms with E-state index in [2.05, 4.69) is 11.8 Å². The SMILES string of the molecule is CCCCN(c1c(F)cccc1C(C)N)C1CC1. The van der Waals surface area contributed by atoms with Crippen molar-refractivity contribution in [1.29, 1.82) is 0 Å². The van der Waals surface area contributed by atoms with Crippen molar-refractivity contribution in [3.05, 3.63) is 29.6 Å². The molecule has 1 aromatic carbocycles. The van der Waals surface area contributed by atoms with Gasteiger partial charge in [0.05, 0.1) is 5.69 Å². The van der Waals surface area contributed by atoms with Gasteiger partial charge in [-0.05, 0) is 37.8 Å². The Hall–Kier alpha value is -1.09. The molecular formula is C15H23FN2. The number of unbranched alkanes of at least 4 members (excludes halogenated alkanes) is 1. The summed E-state index contributed by atoms with van der Waals surface area (Å²) in [6.45, 7) is 5.02. The predicted molar refractivity (Wildman–Crippen MR) is 74.3 cm³/mol. The maximum Gasteiger partial charge on any atom is 0.146 e. The summed E-state index contributed by atoms with van der Waals surface area (Å²) in [6, 6.07) is 5.64. The number of nitrogens with two attached hydrogens (primary N) is 1. The minimum Gasteiger partial charge on any atom is -0.366 e. The van der Waals surface area contributed by atoms with Crippen LogP contribution in [-0.4, -0.2) is 12.6 Å². The molecule has 2 nitrogen and oxygen atoms in total. The number of benzene rings is 1. The van der Waals surface area contributed by atoms with Gasteiger partial charge in [0.2, 0.25) is 0 Å². The van der Waals surface area contributed by atoms with Crippen molar-refractivity contribution < 1.29 is 4.39 Å². The van der Waals surface area contributed by atoms with Gasteiger partial charge in [0.15, 0.2) is 0 Å². The van der Waals surface area contributed by atoms with Crippen LogP contribution in [0.15, 0.2) is 18.2 Å². The van der Waals surface area contributed by atoms with Crippen LogP contribution in [0.3, 0.4) is 0 Å². The van der Waals surface area contributed by atoms with Crippen LogP contribution < -0.4 is 10.6 Å². The highest BCUT2D eigenvalue weighted by Gasteiger charge is 2.31. The molecule has 0 amide bonds. The highest BCUT2D eigenvalue weighted by molar-refractivity contribution is 5.57. The summed E-state index contributed by atoms with van der Waals surface area (Å²) in [5, 5.41) is 0. The highest BCUT2D eigenvalue weighted by Crippen LogP contribution is 2.37. The van der Waals surface area contributed by atoms with E-state index >= 15 is 0 Å². The first kappa shape index (κ1) is 13.3. The molecule has 0 aromatic heterocycles. The number of halogens is 1. The molecule has 0 bridgehead atoms. The molecule has 1 saturated carbocycles. The van der Waals surface area contributed by atoms with E-state index in [1.165, 1.54) is 12.8 Å². The zero-order valence-electron chi connectivity index (χ0n) is 11.3. The molecule has 1 fully saturated rings. The molecule has 1 aliphatic rings. The molecule has 0 heterocycles. The lowest BCUT2D eigenvalue weighted by molar-refractivity contribution is 0.602. The average molecular weight is 250 g/mol. The van der Waals surface area contributed by atoms with Gasteiger partial charge in [-0.15, -0.1) is 0 Å². The Kier molecular flexibility index (Phi) is 4.23. The molecular weight excluding hydrogens is 227 g/mol. The smallest absolute Gasteiger partial charge is 0.146 e. The fourth-order valence-corrected chi connectivity index (χ4v) is 2.39. The molecule has 1 aromatic rings. The summed E-state index contributed by atoms with van der Waals surface area (Å²) in [5.41, 5.74) is 7.65. The molecule has 2 N–H and O–H groups in total. The first-order valence-corrected chi connectivity index (χ1v) is 6.95. The normalized spacial score (nSPS) is 16.7. The second-order valence-corrected chi connectivity index (χ2v) is 5.24. The molecule has 18 heavy (non-hydrogen) atoms. The maximum atomic E-state index is 14.2. The zero-order chi connectivity index (χ0) is 13.1. The Morgan fingerprint density at radius 2 is 2.17 bits per heavy atom. The molecule has 0 saturated heterocycles. The number of rotatable bonds is 6. The van der Waals surface area contributed by atoms with Gasteiger partial charge in [-0.3, -0.25) is 0 Å². The van der Waals surface area contributed by atoms with E-state index in [-0.39, 0.29) is 11.9 Å². The monoisotopic (exact) mass is 250 g/mol. The molecule has 1 unspecified atom stereocenters. The van der Waals surface area contributed by atoms with Crippen molar-refractivity contribution >= 4 is 5.69 Å². The van der Waals surface area contributed by atoms with Crippen molar-refractivity contribution in [2.24, 2.45) is 5.73 Å². The summed E-state index contributed by atoms with van der Waals surface area (Å²) in [6.07, 6.45) is 4.58. The summed E-state index contributed by atoms with van der Waals surface area (Å²) < 4.78 is 14.2. The van der Waals surface area contributed by atoms with Gasteiger partial charge >= 0.3 is 0 Å². The number of nitrogens with zero attached hydrogens (tertiary/aromatic N) is 1. The van der Waals surface area contributed by atoms with Gasteiger partial charge in [0.25, 0.3) is 0 Å². The van der Waals surface area contributed by atoms with Gasteiger partial charge in [0, 0.05) is 18.6 Å². The van der Waals surface area contributed by atoms with E-state index in [4.69, 9.17) is 5.73 Å². The second kappa shape index (κ2) is 5.70. The van der Waals surface area contributed by atoms with Gasteiger partial charge < -0.3 is 10.6 Å². The molecule has 0 spiro atoms. The van der Waals surface area contributed by atoms with Gasteiger partial charge in [-0.25, -0.2) is 4.39 Å². The zero-order valence-corrected chi connectivity index (χ0v) is 11.3. The van der Waals surface area contributed by atoms with E-state index < -0.39 is 0 Å². The van der Waals surface area contributed by atoms with Gasteiger partial charge in [-0.1, -0.05) is 25.5 Å². The van der Waals surface area contributed by atoms with Crippen molar-refractivity contribution in [1.82, 2.24) is 0 Å². The Morgan fingerprint density at radius 3 is 2.72 bits per heavy atom. The van der Waals surface area contributed by atoms with Crippen LogP contribution in [0.25, 0.3) is 0 Å². The number of anilines is 1. The third-order valence-electron chi connectivity index (χ3n) is 3.54. The van der Waals surface area contributed by atoms with Crippen LogP contribution in [0.4, 0.5) is 10.1 Å². The van der Waals surface area contributed by atoms with Crippen molar-refractivity contribution in [2.45, 2.75) is 51.6 Å². The summed E-state index contributed by atoms with van der Waals surface area (Å²) in [5.74, 6) is -0.132. The Balaban J connectivity index is 2.33. The first-order valence-electron chi connectivity index (χ1n) is 6.95. The predicted octanol–water partition coefficient (Wildman–Crippen LogP) is 3.61. The third kappa shape index (κ3) is 2.83. The van der Waals surface area contributed by atoms with E-state index in [9.17, 15) is 4.39 Å². The minimum absolute atomic E-state index is 0.126. The topological polar surface area (TPSA) is 29.3 Å². The molecule has 3 heteroatoms. The maximum absolute atomic E-state index is 14.2.